The predicted molar refractivity (Wildman–Crippen MR) is 84.5 cm³/mol. The van der Waals surface area contributed by atoms with E-state index in [1.165, 1.54) is 14.0 Å². The maximum Gasteiger partial charge on any atom is 0.326 e. The molecule has 1 aliphatic heterocycles. The number of benzene rings is 1. The van der Waals surface area contributed by atoms with Crippen LogP contribution in [-0.4, -0.2) is 47.4 Å². The van der Waals surface area contributed by atoms with E-state index in [1.807, 2.05) is 18.2 Å². The fourth-order valence-electron chi connectivity index (χ4n) is 2.41. The molecule has 0 aliphatic carbocycles. The largest absolute Gasteiger partial charge is 0.480 e. The van der Waals surface area contributed by atoms with E-state index >= 15 is 0 Å². The fourth-order valence-corrected chi connectivity index (χ4v) is 2.80. The van der Waals surface area contributed by atoms with Gasteiger partial charge in [0.05, 0.1) is 0 Å². The van der Waals surface area contributed by atoms with Crippen molar-refractivity contribution in [3.8, 4) is 0 Å². The number of carboxylic acids is 1. The van der Waals surface area contributed by atoms with Gasteiger partial charge in [0.25, 0.3) is 0 Å². The molecule has 1 fully saturated rings. The van der Waals surface area contributed by atoms with Gasteiger partial charge >= 0.3 is 5.97 Å². The van der Waals surface area contributed by atoms with E-state index < -0.39 is 23.8 Å². The van der Waals surface area contributed by atoms with Crippen LogP contribution in [0, 0.1) is 5.92 Å². The first-order valence-corrected chi connectivity index (χ1v) is 7.68. The van der Waals surface area contributed by atoms with Crippen LogP contribution >= 0.6 is 15.9 Å². The third-order valence-corrected chi connectivity index (χ3v) is 4.40. The molecule has 0 aromatic heterocycles. The summed E-state index contributed by atoms with van der Waals surface area (Å²) in [6, 6.07) is 6.34. The molecule has 0 unspecified atom stereocenters. The predicted octanol–water partition coefficient (Wildman–Crippen LogP) is 1.73. The smallest absolute Gasteiger partial charge is 0.326 e. The van der Waals surface area contributed by atoms with Gasteiger partial charge in [-0.15, -0.1) is 0 Å². The number of rotatable bonds is 4. The first-order chi connectivity index (χ1) is 10.3. The summed E-state index contributed by atoms with van der Waals surface area (Å²) < 4.78 is 0.851. The van der Waals surface area contributed by atoms with E-state index in [-0.39, 0.29) is 5.91 Å². The monoisotopic (exact) mass is 368 g/mol. The number of likely N-dealkylation sites (N-methyl/N-ethyl adjacent to an activating group) is 1. The Hall–Kier alpha value is -1.89. The molecule has 2 rings (SSSR count). The van der Waals surface area contributed by atoms with E-state index in [4.69, 9.17) is 5.11 Å². The molecular weight excluding hydrogens is 352 g/mol. The van der Waals surface area contributed by atoms with Crippen LogP contribution < -0.4 is 4.90 Å². The van der Waals surface area contributed by atoms with Crippen molar-refractivity contribution in [2.45, 2.75) is 19.4 Å². The molecule has 6 nitrogen and oxygen atoms in total. The highest BCUT2D eigenvalue weighted by Crippen LogP contribution is 2.28. The van der Waals surface area contributed by atoms with Crippen molar-refractivity contribution in [2.24, 2.45) is 5.92 Å². The molecule has 2 amide bonds. The zero-order valence-electron chi connectivity index (χ0n) is 12.3. The van der Waals surface area contributed by atoms with Crippen LogP contribution in [-0.2, 0) is 14.4 Å². The molecule has 7 heteroatoms. The Balaban J connectivity index is 2.14. The average molecular weight is 369 g/mol. The molecule has 1 N–H and O–H groups in total. The van der Waals surface area contributed by atoms with Crippen molar-refractivity contribution in [2.75, 3.05) is 18.5 Å². The summed E-state index contributed by atoms with van der Waals surface area (Å²) in [7, 11) is 1.41. The van der Waals surface area contributed by atoms with Crippen LogP contribution in [0.5, 0.6) is 0 Å². The zero-order chi connectivity index (χ0) is 16.4. The third-order valence-electron chi connectivity index (χ3n) is 3.91. The number of hydrogen-bond donors (Lipinski definition) is 1. The second kappa shape index (κ2) is 6.48. The van der Waals surface area contributed by atoms with Crippen molar-refractivity contribution in [1.29, 1.82) is 0 Å². The van der Waals surface area contributed by atoms with Gasteiger partial charge in [-0.2, -0.15) is 0 Å². The van der Waals surface area contributed by atoms with Gasteiger partial charge in [-0.1, -0.05) is 22.0 Å². The van der Waals surface area contributed by atoms with Gasteiger partial charge in [-0.3, -0.25) is 9.59 Å². The molecule has 22 heavy (non-hydrogen) atoms. The van der Waals surface area contributed by atoms with Crippen molar-refractivity contribution in [3.05, 3.63) is 28.7 Å². The average Bonchev–Trinajstić information content (AvgIpc) is 2.86. The second-order valence-electron chi connectivity index (χ2n) is 5.27. The van der Waals surface area contributed by atoms with Crippen LogP contribution in [0.3, 0.4) is 0 Å². The van der Waals surface area contributed by atoms with Gasteiger partial charge in [0, 0.05) is 23.8 Å². The van der Waals surface area contributed by atoms with E-state index in [9.17, 15) is 14.4 Å². The molecule has 1 aromatic rings. The summed E-state index contributed by atoms with van der Waals surface area (Å²) >= 11 is 3.35. The minimum Gasteiger partial charge on any atom is -0.480 e. The van der Waals surface area contributed by atoms with Gasteiger partial charge in [0.15, 0.2) is 0 Å². The quantitative estimate of drug-likeness (QED) is 0.821. The molecule has 1 saturated heterocycles. The second-order valence-corrected chi connectivity index (χ2v) is 6.19. The van der Waals surface area contributed by atoms with Crippen molar-refractivity contribution < 1.29 is 19.5 Å². The lowest BCUT2D eigenvalue weighted by Gasteiger charge is -2.24. The Morgan fingerprint density at radius 3 is 2.73 bits per heavy atom. The van der Waals surface area contributed by atoms with E-state index in [0.29, 0.717) is 13.0 Å². The highest BCUT2D eigenvalue weighted by atomic mass is 79.9. The Kier molecular flexibility index (Phi) is 4.85. The van der Waals surface area contributed by atoms with E-state index in [0.717, 1.165) is 15.1 Å². The minimum absolute atomic E-state index is 0.285. The van der Waals surface area contributed by atoms with Crippen molar-refractivity contribution in [1.82, 2.24) is 4.90 Å². The number of halogens is 1. The van der Waals surface area contributed by atoms with Gasteiger partial charge < -0.3 is 14.9 Å². The number of carbonyl (C=O) groups is 3. The molecule has 1 aliphatic rings. The van der Waals surface area contributed by atoms with E-state index in [1.54, 1.807) is 11.0 Å². The standard InChI is InChI=1S/C15H17BrN2O4/c1-9(15(21)22)17(2)13(19)12-6-7-18(14(12)20)11-5-3-4-10(16)8-11/h3-5,8-9,12H,6-7H2,1-2H3,(H,21,22)/t9-,12-/m0/s1. The fraction of sp³-hybridized carbons (Fsp3) is 0.400. The van der Waals surface area contributed by atoms with E-state index in [2.05, 4.69) is 15.9 Å². The maximum atomic E-state index is 12.5. The summed E-state index contributed by atoms with van der Waals surface area (Å²) in [6.07, 6.45) is 0.390. The minimum atomic E-state index is -1.09. The highest BCUT2D eigenvalue weighted by Gasteiger charge is 2.40. The lowest BCUT2D eigenvalue weighted by molar-refractivity contribution is -0.151. The van der Waals surface area contributed by atoms with Crippen LogP contribution in [0.4, 0.5) is 5.69 Å². The van der Waals surface area contributed by atoms with Gasteiger partial charge in [-0.25, -0.2) is 4.79 Å². The Bertz CT molecular complexity index is 619. The molecule has 2 atom stereocenters. The summed E-state index contributed by atoms with van der Waals surface area (Å²) in [4.78, 5) is 38.5. The number of anilines is 1. The van der Waals surface area contributed by atoms with Crippen molar-refractivity contribution in [3.63, 3.8) is 0 Å². The zero-order valence-corrected chi connectivity index (χ0v) is 13.9. The number of nitrogens with zero attached hydrogens (tertiary/aromatic N) is 2. The normalized spacial score (nSPS) is 19.1. The number of hydrogen-bond acceptors (Lipinski definition) is 3. The highest BCUT2D eigenvalue weighted by molar-refractivity contribution is 9.10. The summed E-state index contributed by atoms with van der Waals surface area (Å²) in [5.41, 5.74) is 0.726. The number of aliphatic carboxylic acids is 1. The van der Waals surface area contributed by atoms with Crippen molar-refractivity contribution >= 4 is 39.4 Å². The van der Waals surface area contributed by atoms with Crippen LogP contribution in [0.2, 0.25) is 0 Å². The number of amides is 2. The van der Waals surface area contributed by atoms with Crippen LogP contribution in [0.1, 0.15) is 13.3 Å². The molecule has 1 heterocycles. The Labute approximate surface area is 136 Å². The SMILES string of the molecule is C[C@@H](C(=O)O)N(C)C(=O)[C@@H]1CCN(c2cccc(Br)c2)C1=O. The molecule has 118 valence electrons. The summed E-state index contributed by atoms with van der Waals surface area (Å²) in [6.45, 7) is 1.87. The molecule has 0 saturated carbocycles. The lowest BCUT2D eigenvalue weighted by atomic mass is 10.1. The molecule has 0 radical (unpaired) electrons. The van der Waals surface area contributed by atoms with Crippen LogP contribution in [0.15, 0.2) is 28.7 Å². The van der Waals surface area contributed by atoms with Crippen LogP contribution in [0.25, 0.3) is 0 Å². The summed E-state index contributed by atoms with van der Waals surface area (Å²) in [5.74, 6) is -2.64. The topological polar surface area (TPSA) is 77.9 Å². The Morgan fingerprint density at radius 1 is 1.45 bits per heavy atom. The first-order valence-electron chi connectivity index (χ1n) is 6.89. The van der Waals surface area contributed by atoms with Gasteiger partial charge in [0.2, 0.25) is 11.8 Å². The molecule has 1 aromatic carbocycles. The summed E-state index contributed by atoms with van der Waals surface area (Å²) in [5, 5.41) is 8.98. The first kappa shape index (κ1) is 16.5. The number of carboxylic acid groups (broad SMARTS) is 1. The van der Waals surface area contributed by atoms with Gasteiger partial charge in [0.1, 0.15) is 12.0 Å². The van der Waals surface area contributed by atoms with Gasteiger partial charge in [-0.05, 0) is 31.5 Å². The third kappa shape index (κ3) is 3.14. The maximum absolute atomic E-state index is 12.5. The molecular formula is C15H17BrN2O4. The molecule has 0 bridgehead atoms. The number of carbonyl (C=O) groups excluding carboxylic acids is 2. The molecule has 0 spiro atoms. The lowest BCUT2D eigenvalue weighted by Crippen LogP contribution is -2.45. The Morgan fingerprint density at radius 2 is 2.14 bits per heavy atom.